The Hall–Kier alpha value is -1.16. The molecule has 0 saturated heterocycles. The van der Waals surface area contributed by atoms with E-state index in [2.05, 4.69) is 0 Å². The molecule has 1 aliphatic rings. The average Bonchev–Trinajstić information content (AvgIpc) is 3.01. The topological polar surface area (TPSA) is 35.2 Å². The van der Waals surface area contributed by atoms with Crippen LogP contribution in [0.2, 0.25) is 0 Å². The van der Waals surface area contributed by atoms with Crippen molar-refractivity contribution in [3.05, 3.63) is 29.8 Å². The Morgan fingerprint density at radius 3 is 2.56 bits per heavy atom. The second-order valence-corrected chi connectivity index (χ2v) is 4.40. The minimum atomic E-state index is -0.874. The van der Waals surface area contributed by atoms with E-state index >= 15 is 0 Å². The van der Waals surface area contributed by atoms with Crippen molar-refractivity contribution in [2.75, 3.05) is 13.2 Å². The van der Waals surface area contributed by atoms with Gasteiger partial charge in [0.1, 0.15) is 5.75 Å². The van der Waals surface area contributed by atoms with Gasteiger partial charge in [-0.25, -0.2) is 8.78 Å². The molecule has 1 aliphatic carbocycles. The van der Waals surface area contributed by atoms with Gasteiger partial charge in [0.05, 0.1) is 6.61 Å². The number of benzene rings is 1. The molecule has 0 unspecified atom stereocenters. The van der Waals surface area contributed by atoms with Gasteiger partial charge < -0.3 is 10.5 Å². The van der Waals surface area contributed by atoms with Gasteiger partial charge in [0.2, 0.25) is 0 Å². The van der Waals surface area contributed by atoms with E-state index in [0.29, 0.717) is 18.9 Å². The van der Waals surface area contributed by atoms with Gasteiger partial charge in [-0.2, -0.15) is 0 Å². The van der Waals surface area contributed by atoms with Crippen LogP contribution in [0.5, 0.6) is 5.75 Å². The van der Waals surface area contributed by atoms with E-state index in [-0.39, 0.29) is 5.41 Å². The summed E-state index contributed by atoms with van der Waals surface area (Å²) in [6, 6.07) is 3.60. The lowest BCUT2D eigenvalue weighted by Crippen LogP contribution is -2.17. The Kier molecular flexibility index (Phi) is 3.10. The van der Waals surface area contributed by atoms with Crippen molar-refractivity contribution in [2.45, 2.75) is 19.3 Å². The number of halogens is 2. The van der Waals surface area contributed by atoms with Crippen molar-refractivity contribution in [1.82, 2.24) is 0 Å². The standard InChI is InChI=1S/C12H15F2NO/c13-10-2-1-9(7-11(10)14)16-8-12(3-4-12)5-6-15/h1-2,7H,3-6,8,15H2. The molecule has 0 aliphatic heterocycles. The molecule has 2 nitrogen and oxygen atoms in total. The molecule has 1 saturated carbocycles. The fourth-order valence-electron chi connectivity index (χ4n) is 1.75. The minimum absolute atomic E-state index is 0.180. The maximum Gasteiger partial charge on any atom is 0.162 e. The van der Waals surface area contributed by atoms with Gasteiger partial charge in [0, 0.05) is 11.5 Å². The second-order valence-electron chi connectivity index (χ2n) is 4.40. The number of hydrogen-bond donors (Lipinski definition) is 1. The predicted octanol–water partition coefficient (Wildman–Crippen LogP) is 2.47. The smallest absolute Gasteiger partial charge is 0.162 e. The first-order valence-corrected chi connectivity index (χ1v) is 5.43. The first-order chi connectivity index (χ1) is 7.65. The van der Waals surface area contributed by atoms with Crippen LogP contribution in [0.4, 0.5) is 8.78 Å². The van der Waals surface area contributed by atoms with Crippen LogP contribution in [0, 0.1) is 17.0 Å². The second kappa shape index (κ2) is 4.37. The molecule has 0 spiro atoms. The van der Waals surface area contributed by atoms with E-state index in [4.69, 9.17) is 10.5 Å². The van der Waals surface area contributed by atoms with Crippen molar-refractivity contribution >= 4 is 0 Å². The molecule has 4 heteroatoms. The van der Waals surface area contributed by atoms with Crippen molar-refractivity contribution in [3.8, 4) is 5.75 Å². The van der Waals surface area contributed by atoms with Gasteiger partial charge in [-0.3, -0.25) is 0 Å². The van der Waals surface area contributed by atoms with Crippen LogP contribution in [-0.4, -0.2) is 13.2 Å². The van der Waals surface area contributed by atoms with E-state index in [1.54, 1.807) is 0 Å². The molecule has 88 valence electrons. The Bertz CT molecular complexity index is 377. The molecule has 0 radical (unpaired) electrons. The summed E-state index contributed by atoms with van der Waals surface area (Å²) in [4.78, 5) is 0. The zero-order valence-corrected chi connectivity index (χ0v) is 9.01. The van der Waals surface area contributed by atoms with Gasteiger partial charge in [-0.1, -0.05) is 0 Å². The molecule has 0 atom stereocenters. The fraction of sp³-hybridized carbons (Fsp3) is 0.500. The van der Waals surface area contributed by atoms with Gasteiger partial charge in [-0.15, -0.1) is 0 Å². The lowest BCUT2D eigenvalue weighted by molar-refractivity contribution is 0.225. The van der Waals surface area contributed by atoms with Crippen molar-refractivity contribution in [1.29, 1.82) is 0 Å². The Labute approximate surface area is 93.4 Å². The molecule has 0 amide bonds. The van der Waals surface area contributed by atoms with E-state index in [1.807, 2.05) is 0 Å². The molecule has 0 bridgehead atoms. The summed E-state index contributed by atoms with van der Waals surface area (Å²) in [6.07, 6.45) is 3.14. The zero-order chi connectivity index (χ0) is 11.6. The Morgan fingerprint density at radius 2 is 2.00 bits per heavy atom. The summed E-state index contributed by atoms with van der Waals surface area (Å²) in [6.45, 7) is 1.18. The van der Waals surface area contributed by atoms with Crippen LogP contribution < -0.4 is 10.5 Å². The van der Waals surface area contributed by atoms with E-state index in [1.165, 1.54) is 6.07 Å². The molecule has 2 N–H and O–H groups in total. The summed E-state index contributed by atoms with van der Waals surface area (Å²) < 4.78 is 31.0. The first-order valence-electron chi connectivity index (χ1n) is 5.43. The van der Waals surface area contributed by atoms with Gasteiger partial charge in [-0.05, 0) is 37.9 Å². The normalized spacial score (nSPS) is 17.2. The summed E-state index contributed by atoms with van der Waals surface area (Å²) in [7, 11) is 0. The number of rotatable bonds is 5. The third-order valence-electron chi connectivity index (χ3n) is 3.07. The van der Waals surface area contributed by atoms with E-state index in [0.717, 1.165) is 31.4 Å². The summed E-state index contributed by atoms with van der Waals surface area (Å²) in [5.74, 6) is -1.35. The maximum atomic E-state index is 12.9. The maximum absolute atomic E-state index is 12.9. The number of nitrogens with two attached hydrogens (primary N) is 1. The van der Waals surface area contributed by atoms with Gasteiger partial charge in [0.25, 0.3) is 0 Å². The molecule has 16 heavy (non-hydrogen) atoms. The summed E-state index contributed by atoms with van der Waals surface area (Å²) in [5.41, 5.74) is 5.68. The Balaban J connectivity index is 1.92. The van der Waals surface area contributed by atoms with Crippen LogP contribution in [0.15, 0.2) is 18.2 Å². The predicted molar refractivity (Wildman–Crippen MR) is 57.2 cm³/mol. The minimum Gasteiger partial charge on any atom is -0.493 e. The molecule has 1 aromatic rings. The van der Waals surface area contributed by atoms with Crippen LogP contribution in [0.3, 0.4) is 0 Å². The van der Waals surface area contributed by atoms with Gasteiger partial charge in [0.15, 0.2) is 11.6 Å². The summed E-state index contributed by atoms with van der Waals surface area (Å²) in [5, 5.41) is 0. The number of ether oxygens (including phenoxy) is 1. The Morgan fingerprint density at radius 1 is 1.25 bits per heavy atom. The highest BCUT2D eigenvalue weighted by atomic mass is 19.2. The highest BCUT2D eigenvalue weighted by Gasteiger charge is 2.42. The molecule has 0 heterocycles. The van der Waals surface area contributed by atoms with E-state index < -0.39 is 11.6 Å². The third kappa shape index (κ3) is 2.50. The SMILES string of the molecule is NCCC1(COc2ccc(F)c(F)c2)CC1. The summed E-state index contributed by atoms with van der Waals surface area (Å²) >= 11 is 0. The monoisotopic (exact) mass is 227 g/mol. The van der Waals surface area contributed by atoms with Crippen molar-refractivity contribution in [3.63, 3.8) is 0 Å². The third-order valence-corrected chi connectivity index (χ3v) is 3.07. The fourth-order valence-corrected chi connectivity index (χ4v) is 1.75. The number of hydrogen-bond acceptors (Lipinski definition) is 2. The van der Waals surface area contributed by atoms with Crippen molar-refractivity contribution < 1.29 is 13.5 Å². The lowest BCUT2D eigenvalue weighted by Gasteiger charge is -2.15. The lowest BCUT2D eigenvalue weighted by atomic mass is 10.0. The van der Waals surface area contributed by atoms with Crippen LogP contribution >= 0.6 is 0 Å². The molecule has 0 aromatic heterocycles. The van der Waals surface area contributed by atoms with Gasteiger partial charge >= 0.3 is 0 Å². The highest BCUT2D eigenvalue weighted by Crippen LogP contribution is 2.48. The average molecular weight is 227 g/mol. The van der Waals surface area contributed by atoms with E-state index in [9.17, 15) is 8.78 Å². The van der Waals surface area contributed by atoms with Crippen LogP contribution in [-0.2, 0) is 0 Å². The molecular weight excluding hydrogens is 212 g/mol. The molecular formula is C12H15F2NO. The molecule has 1 aromatic carbocycles. The zero-order valence-electron chi connectivity index (χ0n) is 9.01. The quantitative estimate of drug-likeness (QED) is 0.838. The highest BCUT2D eigenvalue weighted by molar-refractivity contribution is 5.23. The van der Waals surface area contributed by atoms with Crippen LogP contribution in [0.1, 0.15) is 19.3 Å². The molecule has 1 fully saturated rings. The van der Waals surface area contributed by atoms with Crippen LogP contribution in [0.25, 0.3) is 0 Å². The first kappa shape index (κ1) is 11.3. The molecule has 2 rings (SSSR count). The van der Waals surface area contributed by atoms with Crippen molar-refractivity contribution in [2.24, 2.45) is 11.1 Å². The largest absolute Gasteiger partial charge is 0.493 e.